The Hall–Kier alpha value is -0.380. The summed E-state index contributed by atoms with van der Waals surface area (Å²) in [7, 11) is 0. The Morgan fingerprint density at radius 2 is 2.00 bits per heavy atom. The minimum atomic E-state index is 0.207. The highest BCUT2D eigenvalue weighted by molar-refractivity contribution is 9.08. The minimum absolute atomic E-state index is 0.207. The van der Waals surface area contributed by atoms with Crippen molar-refractivity contribution in [2.24, 2.45) is 0 Å². The van der Waals surface area contributed by atoms with Gasteiger partial charge in [-0.1, -0.05) is 30.3 Å². The average molecular weight is 244 g/mol. The third kappa shape index (κ3) is 3.46. The molecule has 0 radical (unpaired) electrons. The van der Waals surface area contributed by atoms with E-state index < -0.39 is 0 Å². The van der Waals surface area contributed by atoms with Gasteiger partial charge in [0.05, 0.1) is 0 Å². The van der Waals surface area contributed by atoms with Crippen molar-refractivity contribution in [3.8, 4) is 0 Å². The average Bonchev–Trinajstić information content (AvgIpc) is 2.21. The molecule has 0 saturated carbocycles. The molecule has 0 saturated heterocycles. The fourth-order valence-corrected chi connectivity index (χ4v) is 1.55. The molecule has 0 aromatic heterocycles. The largest absolute Gasteiger partial charge is 0.396 e. The molecule has 1 unspecified atom stereocenters. The highest BCUT2D eigenvalue weighted by Gasteiger charge is 2.08. The van der Waals surface area contributed by atoms with E-state index in [1.54, 1.807) is 0 Å². The van der Waals surface area contributed by atoms with Gasteiger partial charge in [0.2, 0.25) is 0 Å². The Kier molecular flexibility index (Phi) is 5.05. The molecule has 1 aromatic carbocycles. The Balaban J connectivity index is 2.56. The van der Waals surface area contributed by atoms with Gasteiger partial charge in [0.1, 0.15) is 0 Å². The first-order chi connectivity index (χ1) is 6.38. The summed E-state index contributed by atoms with van der Waals surface area (Å²) < 4.78 is 2.90. The molecule has 13 heavy (non-hydrogen) atoms. The minimum Gasteiger partial charge on any atom is -0.396 e. The summed E-state index contributed by atoms with van der Waals surface area (Å²) in [6.07, 6.45) is 0.936. The van der Waals surface area contributed by atoms with Crippen molar-refractivity contribution < 1.29 is 5.11 Å². The third-order valence-corrected chi connectivity index (χ3v) is 2.48. The predicted octanol–water partition coefficient (Wildman–Crippen LogP) is 2.05. The maximum Gasteiger partial charge on any atom is 0.0500 e. The Labute approximate surface area is 87.3 Å². The van der Waals surface area contributed by atoms with Crippen LogP contribution in [0.3, 0.4) is 0 Å². The lowest BCUT2D eigenvalue weighted by atomic mass is 9.97. The van der Waals surface area contributed by atoms with Crippen molar-refractivity contribution in [2.45, 2.75) is 12.3 Å². The first-order valence-corrected chi connectivity index (χ1v) is 5.17. The second kappa shape index (κ2) is 6.13. The molecule has 0 bridgehead atoms. The Morgan fingerprint density at radius 1 is 1.31 bits per heavy atom. The summed E-state index contributed by atoms with van der Waals surface area (Å²) in [4.78, 5) is 0. The van der Waals surface area contributed by atoms with E-state index in [0.717, 1.165) is 13.0 Å². The topological polar surface area (TPSA) is 32.3 Å². The van der Waals surface area contributed by atoms with Crippen LogP contribution in [0.15, 0.2) is 30.3 Å². The zero-order valence-electron chi connectivity index (χ0n) is 7.41. The molecule has 1 aromatic rings. The van der Waals surface area contributed by atoms with Gasteiger partial charge in [-0.25, -0.2) is 0 Å². The lowest BCUT2D eigenvalue weighted by Crippen LogP contribution is -2.10. The Bertz CT molecular complexity index is 228. The second-order valence-electron chi connectivity index (χ2n) is 2.96. The smallest absolute Gasteiger partial charge is 0.0500 e. The monoisotopic (exact) mass is 243 g/mol. The highest BCUT2D eigenvalue weighted by Crippen LogP contribution is 2.17. The molecule has 2 nitrogen and oxygen atoms in total. The molecule has 72 valence electrons. The van der Waals surface area contributed by atoms with Crippen molar-refractivity contribution in [3.05, 3.63) is 35.9 Å². The zero-order valence-corrected chi connectivity index (χ0v) is 9.00. The molecule has 0 heterocycles. The van der Waals surface area contributed by atoms with E-state index in [-0.39, 0.29) is 12.5 Å². The maximum atomic E-state index is 9.16. The van der Waals surface area contributed by atoms with Crippen LogP contribution in [0.2, 0.25) is 0 Å². The SMILES string of the molecule is OCC(CCNBr)c1ccccc1. The standard InChI is InChI=1S/C10H14BrNO/c11-12-7-6-10(8-13)9-4-2-1-3-5-9/h1-5,10,12-13H,6-8H2. The van der Waals surface area contributed by atoms with Crippen LogP contribution < -0.4 is 4.34 Å². The van der Waals surface area contributed by atoms with Gasteiger partial charge in [-0.05, 0) is 12.0 Å². The predicted molar refractivity (Wildman–Crippen MR) is 57.8 cm³/mol. The summed E-state index contributed by atoms with van der Waals surface area (Å²) >= 11 is 3.15. The first-order valence-electron chi connectivity index (χ1n) is 4.37. The lowest BCUT2D eigenvalue weighted by Gasteiger charge is -2.13. The van der Waals surface area contributed by atoms with E-state index in [4.69, 9.17) is 5.11 Å². The van der Waals surface area contributed by atoms with Crippen molar-refractivity contribution in [3.63, 3.8) is 0 Å². The van der Waals surface area contributed by atoms with E-state index in [9.17, 15) is 0 Å². The molecule has 1 rings (SSSR count). The number of halogens is 1. The molecular weight excluding hydrogens is 230 g/mol. The van der Waals surface area contributed by atoms with Gasteiger partial charge in [0, 0.05) is 35.2 Å². The fraction of sp³-hybridized carbons (Fsp3) is 0.400. The highest BCUT2D eigenvalue weighted by atomic mass is 79.9. The molecule has 0 aliphatic heterocycles. The maximum absolute atomic E-state index is 9.16. The molecule has 0 aliphatic rings. The summed E-state index contributed by atoms with van der Waals surface area (Å²) in [5.74, 6) is 0.242. The third-order valence-electron chi connectivity index (χ3n) is 2.08. The van der Waals surface area contributed by atoms with Gasteiger partial charge in [0.15, 0.2) is 0 Å². The van der Waals surface area contributed by atoms with Crippen LogP contribution in [0, 0.1) is 0 Å². The summed E-state index contributed by atoms with van der Waals surface area (Å²) in [6, 6.07) is 10.1. The van der Waals surface area contributed by atoms with Crippen LogP contribution in [0.1, 0.15) is 17.9 Å². The number of rotatable bonds is 5. The molecule has 3 heteroatoms. The zero-order chi connectivity index (χ0) is 9.52. The Morgan fingerprint density at radius 3 is 2.54 bits per heavy atom. The molecule has 0 fully saturated rings. The number of nitrogens with one attached hydrogen (secondary N) is 1. The van der Waals surface area contributed by atoms with Gasteiger partial charge in [-0.2, -0.15) is 0 Å². The number of benzene rings is 1. The van der Waals surface area contributed by atoms with Crippen LogP contribution in [0.25, 0.3) is 0 Å². The van der Waals surface area contributed by atoms with Gasteiger partial charge < -0.3 is 5.11 Å². The van der Waals surface area contributed by atoms with E-state index in [1.807, 2.05) is 18.2 Å². The lowest BCUT2D eigenvalue weighted by molar-refractivity contribution is 0.260. The van der Waals surface area contributed by atoms with E-state index >= 15 is 0 Å². The molecule has 1 atom stereocenters. The van der Waals surface area contributed by atoms with Gasteiger partial charge in [0.25, 0.3) is 0 Å². The van der Waals surface area contributed by atoms with Gasteiger partial charge in [-0.3, -0.25) is 4.34 Å². The quantitative estimate of drug-likeness (QED) is 0.777. The molecular formula is C10H14BrNO. The van der Waals surface area contributed by atoms with Gasteiger partial charge >= 0.3 is 0 Å². The van der Waals surface area contributed by atoms with Crippen molar-refractivity contribution in [2.75, 3.05) is 13.2 Å². The van der Waals surface area contributed by atoms with Crippen LogP contribution in [0.4, 0.5) is 0 Å². The number of aliphatic hydroxyl groups is 1. The summed E-state index contributed by atoms with van der Waals surface area (Å²) in [5, 5.41) is 9.16. The summed E-state index contributed by atoms with van der Waals surface area (Å²) in [5.41, 5.74) is 1.20. The fourth-order valence-electron chi connectivity index (χ4n) is 1.32. The van der Waals surface area contributed by atoms with Gasteiger partial charge in [-0.15, -0.1) is 0 Å². The van der Waals surface area contributed by atoms with E-state index in [0.29, 0.717) is 0 Å². The van der Waals surface area contributed by atoms with Crippen LogP contribution in [-0.4, -0.2) is 18.3 Å². The van der Waals surface area contributed by atoms with Crippen molar-refractivity contribution >= 4 is 16.1 Å². The molecule has 0 amide bonds. The van der Waals surface area contributed by atoms with Crippen molar-refractivity contribution in [1.29, 1.82) is 0 Å². The molecule has 2 N–H and O–H groups in total. The van der Waals surface area contributed by atoms with E-state index in [2.05, 4.69) is 32.6 Å². The van der Waals surface area contributed by atoms with E-state index in [1.165, 1.54) is 5.56 Å². The molecule has 0 spiro atoms. The van der Waals surface area contributed by atoms with Crippen molar-refractivity contribution in [1.82, 2.24) is 4.34 Å². The van der Waals surface area contributed by atoms with Crippen LogP contribution in [0.5, 0.6) is 0 Å². The summed E-state index contributed by atoms with van der Waals surface area (Å²) in [6.45, 7) is 1.07. The second-order valence-corrected chi connectivity index (χ2v) is 3.52. The van der Waals surface area contributed by atoms with Crippen LogP contribution >= 0.6 is 16.1 Å². The number of hydrogen-bond acceptors (Lipinski definition) is 2. The first kappa shape index (κ1) is 10.7. The normalized spacial score (nSPS) is 12.8. The molecule has 0 aliphatic carbocycles. The number of aliphatic hydroxyl groups excluding tert-OH is 1. The number of hydrogen-bond donors (Lipinski definition) is 2. The van der Waals surface area contributed by atoms with Crippen LogP contribution in [-0.2, 0) is 0 Å².